The molecule has 0 amide bonds. The van der Waals surface area contributed by atoms with Gasteiger partial charge in [0.1, 0.15) is 5.82 Å². The molecule has 1 aromatic carbocycles. The van der Waals surface area contributed by atoms with E-state index < -0.39 is 5.60 Å². The number of halogens is 1. The summed E-state index contributed by atoms with van der Waals surface area (Å²) in [5.74, 6) is -0.0850. The summed E-state index contributed by atoms with van der Waals surface area (Å²) in [7, 11) is 4.03. The Morgan fingerprint density at radius 2 is 2.17 bits per heavy atom. The molecule has 3 heteroatoms. The lowest BCUT2D eigenvalue weighted by atomic mass is 9.71. The van der Waals surface area contributed by atoms with Gasteiger partial charge in [-0.3, -0.25) is 0 Å². The predicted octanol–water partition coefficient (Wildman–Crippen LogP) is 2.77. The number of aliphatic hydroxyl groups is 1. The SMILES string of the molecule is CN(C)CC1CCCCC1(O)c1cccc(F)c1. The number of rotatable bonds is 3. The summed E-state index contributed by atoms with van der Waals surface area (Å²) in [5, 5.41) is 11.0. The smallest absolute Gasteiger partial charge is 0.123 e. The minimum absolute atomic E-state index is 0.183. The zero-order chi connectivity index (χ0) is 13.2. The first-order valence-corrected chi connectivity index (χ1v) is 6.65. The highest BCUT2D eigenvalue weighted by Gasteiger charge is 2.40. The summed E-state index contributed by atoms with van der Waals surface area (Å²) in [6.45, 7) is 0.840. The van der Waals surface area contributed by atoms with Crippen molar-refractivity contribution in [1.29, 1.82) is 0 Å². The Labute approximate surface area is 108 Å². The molecule has 0 bridgehead atoms. The third kappa shape index (κ3) is 2.73. The van der Waals surface area contributed by atoms with Gasteiger partial charge in [0, 0.05) is 12.5 Å². The van der Waals surface area contributed by atoms with E-state index in [0.29, 0.717) is 0 Å². The van der Waals surface area contributed by atoms with Crippen molar-refractivity contribution in [2.75, 3.05) is 20.6 Å². The molecule has 0 radical (unpaired) electrons. The molecule has 0 aromatic heterocycles. The van der Waals surface area contributed by atoms with E-state index in [-0.39, 0.29) is 11.7 Å². The molecule has 1 saturated carbocycles. The molecule has 1 aliphatic rings. The first kappa shape index (κ1) is 13.5. The van der Waals surface area contributed by atoms with Crippen LogP contribution in [0.1, 0.15) is 31.2 Å². The van der Waals surface area contributed by atoms with E-state index in [1.165, 1.54) is 12.1 Å². The zero-order valence-corrected chi connectivity index (χ0v) is 11.2. The van der Waals surface area contributed by atoms with Gasteiger partial charge in [0.15, 0.2) is 0 Å². The van der Waals surface area contributed by atoms with Crippen LogP contribution in [0.4, 0.5) is 4.39 Å². The van der Waals surface area contributed by atoms with Crippen molar-refractivity contribution in [3.63, 3.8) is 0 Å². The van der Waals surface area contributed by atoms with E-state index in [4.69, 9.17) is 0 Å². The summed E-state index contributed by atoms with van der Waals surface area (Å²) >= 11 is 0. The minimum atomic E-state index is -0.870. The normalized spacial score (nSPS) is 28.6. The molecule has 100 valence electrons. The third-order valence-corrected chi connectivity index (χ3v) is 3.95. The Balaban J connectivity index is 2.29. The van der Waals surface area contributed by atoms with E-state index in [1.807, 2.05) is 20.2 Å². The number of benzene rings is 1. The topological polar surface area (TPSA) is 23.5 Å². The molecule has 1 aliphatic carbocycles. The summed E-state index contributed by atoms with van der Waals surface area (Å²) in [6, 6.07) is 6.44. The Morgan fingerprint density at radius 1 is 1.39 bits per heavy atom. The molecule has 1 aromatic rings. The second kappa shape index (κ2) is 5.37. The maximum absolute atomic E-state index is 13.4. The van der Waals surface area contributed by atoms with Gasteiger partial charge in [-0.2, -0.15) is 0 Å². The summed E-state index contributed by atoms with van der Waals surface area (Å²) in [4.78, 5) is 2.10. The van der Waals surface area contributed by atoms with E-state index in [2.05, 4.69) is 4.90 Å². The fourth-order valence-corrected chi connectivity index (χ4v) is 3.05. The molecule has 0 aliphatic heterocycles. The Bertz CT molecular complexity index is 407. The molecule has 18 heavy (non-hydrogen) atoms. The van der Waals surface area contributed by atoms with Gasteiger partial charge in [-0.25, -0.2) is 4.39 Å². The minimum Gasteiger partial charge on any atom is -0.385 e. The van der Waals surface area contributed by atoms with Crippen LogP contribution in [0.5, 0.6) is 0 Å². The van der Waals surface area contributed by atoms with Crippen LogP contribution in [-0.2, 0) is 5.60 Å². The number of nitrogens with zero attached hydrogens (tertiary/aromatic N) is 1. The first-order valence-electron chi connectivity index (χ1n) is 6.65. The maximum Gasteiger partial charge on any atom is 0.123 e. The van der Waals surface area contributed by atoms with Crippen LogP contribution >= 0.6 is 0 Å². The molecule has 0 spiro atoms. The molecule has 2 rings (SSSR count). The van der Waals surface area contributed by atoms with Crippen molar-refractivity contribution in [3.05, 3.63) is 35.6 Å². The van der Waals surface area contributed by atoms with Crippen molar-refractivity contribution in [1.82, 2.24) is 4.90 Å². The highest BCUT2D eigenvalue weighted by molar-refractivity contribution is 5.25. The number of hydrogen-bond acceptors (Lipinski definition) is 2. The summed E-state index contributed by atoms with van der Waals surface area (Å²) in [5.41, 5.74) is -0.140. The van der Waals surface area contributed by atoms with Crippen LogP contribution in [0.2, 0.25) is 0 Å². The molecular formula is C15H22FNO. The second-order valence-corrected chi connectivity index (χ2v) is 5.64. The van der Waals surface area contributed by atoms with Gasteiger partial charge in [-0.05, 0) is 44.6 Å². The Morgan fingerprint density at radius 3 is 2.83 bits per heavy atom. The highest BCUT2D eigenvalue weighted by atomic mass is 19.1. The molecule has 2 atom stereocenters. The molecule has 2 nitrogen and oxygen atoms in total. The van der Waals surface area contributed by atoms with Crippen LogP contribution in [0.3, 0.4) is 0 Å². The largest absolute Gasteiger partial charge is 0.385 e. The van der Waals surface area contributed by atoms with Gasteiger partial charge in [0.25, 0.3) is 0 Å². The van der Waals surface area contributed by atoms with Crippen LogP contribution in [0.25, 0.3) is 0 Å². The van der Waals surface area contributed by atoms with Gasteiger partial charge in [-0.1, -0.05) is 25.0 Å². The molecular weight excluding hydrogens is 229 g/mol. The van der Waals surface area contributed by atoms with Crippen LogP contribution in [0.15, 0.2) is 24.3 Å². The molecule has 2 unspecified atom stereocenters. The van der Waals surface area contributed by atoms with Gasteiger partial charge >= 0.3 is 0 Å². The van der Waals surface area contributed by atoms with E-state index in [9.17, 15) is 9.50 Å². The summed E-state index contributed by atoms with van der Waals surface area (Å²) < 4.78 is 13.4. The standard InChI is InChI=1S/C15H22FNO/c1-17(2)11-13-6-3-4-9-15(13,18)12-7-5-8-14(16)10-12/h5,7-8,10,13,18H,3-4,6,9,11H2,1-2H3. The lowest BCUT2D eigenvalue weighted by molar-refractivity contribution is -0.0620. The van der Waals surface area contributed by atoms with E-state index in [1.54, 1.807) is 6.07 Å². The Hall–Kier alpha value is -0.930. The zero-order valence-electron chi connectivity index (χ0n) is 11.2. The third-order valence-electron chi connectivity index (χ3n) is 3.95. The second-order valence-electron chi connectivity index (χ2n) is 5.64. The molecule has 0 heterocycles. The average Bonchev–Trinajstić information content (AvgIpc) is 2.32. The van der Waals surface area contributed by atoms with Crippen LogP contribution in [0, 0.1) is 11.7 Å². The highest BCUT2D eigenvalue weighted by Crippen LogP contribution is 2.42. The van der Waals surface area contributed by atoms with Crippen LogP contribution < -0.4 is 0 Å². The van der Waals surface area contributed by atoms with Gasteiger partial charge in [-0.15, -0.1) is 0 Å². The lowest BCUT2D eigenvalue weighted by Crippen LogP contribution is -2.43. The van der Waals surface area contributed by atoms with E-state index in [0.717, 1.165) is 37.8 Å². The Kier molecular flexibility index (Phi) is 4.03. The maximum atomic E-state index is 13.4. The van der Waals surface area contributed by atoms with Crippen LogP contribution in [-0.4, -0.2) is 30.6 Å². The summed E-state index contributed by atoms with van der Waals surface area (Å²) in [6.07, 6.45) is 3.90. The quantitative estimate of drug-likeness (QED) is 0.893. The predicted molar refractivity (Wildman–Crippen MR) is 70.8 cm³/mol. The van der Waals surface area contributed by atoms with Gasteiger partial charge in [0.05, 0.1) is 5.60 Å². The lowest BCUT2D eigenvalue weighted by Gasteiger charge is -2.41. The fourth-order valence-electron chi connectivity index (χ4n) is 3.05. The van der Waals surface area contributed by atoms with E-state index >= 15 is 0 Å². The van der Waals surface area contributed by atoms with Gasteiger partial charge < -0.3 is 10.0 Å². The first-order chi connectivity index (χ1) is 8.52. The fraction of sp³-hybridized carbons (Fsp3) is 0.600. The molecule has 1 N–H and O–H groups in total. The molecule has 0 saturated heterocycles. The molecule has 1 fully saturated rings. The van der Waals surface area contributed by atoms with Crippen molar-refractivity contribution in [2.24, 2.45) is 5.92 Å². The number of hydrogen-bond donors (Lipinski definition) is 1. The van der Waals surface area contributed by atoms with Crippen molar-refractivity contribution in [3.8, 4) is 0 Å². The van der Waals surface area contributed by atoms with Crippen molar-refractivity contribution in [2.45, 2.75) is 31.3 Å². The van der Waals surface area contributed by atoms with Crippen molar-refractivity contribution < 1.29 is 9.50 Å². The average molecular weight is 251 g/mol. The monoisotopic (exact) mass is 251 g/mol. The van der Waals surface area contributed by atoms with Crippen molar-refractivity contribution >= 4 is 0 Å². The van der Waals surface area contributed by atoms with Gasteiger partial charge in [0.2, 0.25) is 0 Å².